The molecule has 0 aromatic carbocycles. The summed E-state index contributed by atoms with van der Waals surface area (Å²) in [5.74, 6) is 0.707. The van der Waals surface area contributed by atoms with E-state index >= 15 is 0 Å². The molecule has 0 fully saturated rings. The molecule has 84 valence electrons. The molecular weight excluding hydrogens is 186 g/mol. The van der Waals surface area contributed by atoms with Crippen molar-refractivity contribution in [3.05, 3.63) is 24.5 Å². The van der Waals surface area contributed by atoms with Crippen LogP contribution in [0.3, 0.4) is 0 Å². The highest BCUT2D eigenvalue weighted by atomic mass is 15.0. The van der Waals surface area contributed by atoms with E-state index in [1.54, 1.807) is 12.4 Å². The second kappa shape index (κ2) is 6.40. The normalized spacial score (nSPS) is 12.8. The maximum Gasteiger partial charge on any atom is 0.0373 e. The minimum atomic E-state index is 0.436. The lowest BCUT2D eigenvalue weighted by molar-refractivity contribution is 0.536. The number of anilines is 1. The van der Waals surface area contributed by atoms with E-state index < -0.39 is 0 Å². The summed E-state index contributed by atoms with van der Waals surface area (Å²) in [7, 11) is 0. The van der Waals surface area contributed by atoms with E-state index in [-0.39, 0.29) is 0 Å². The van der Waals surface area contributed by atoms with E-state index in [2.05, 4.69) is 36.4 Å². The quantitative estimate of drug-likeness (QED) is 0.750. The summed E-state index contributed by atoms with van der Waals surface area (Å²) in [4.78, 5) is 3.98. The van der Waals surface area contributed by atoms with Gasteiger partial charge in [0, 0.05) is 30.7 Å². The van der Waals surface area contributed by atoms with Crippen LogP contribution in [0.25, 0.3) is 0 Å². The van der Waals surface area contributed by atoms with Gasteiger partial charge in [0.05, 0.1) is 0 Å². The average Bonchev–Trinajstić information content (AvgIpc) is 2.18. The highest BCUT2D eigenvalue weighted by Gasteiger charge is 2.01. The topological polar surface area (TPSA) is 37.0 Å². The summed E-state index contributed by atoms with van der Waals surface area (Å²) in [5.41, 5.74) is 1.13. The minimum Gasteiger partial charge on any atom is -0.381 e. The first-order valence-corrected chi connectivity index (χ1v) is 5.55. The molecule has 0 radical (unpaired) electrons. The SMILES string of the molecule is CC(C)CNC[C@@H](C)Nc1ccncc1. The maximum atomic E-state index is 3.98. The molecule has 0 unspecified atom stereocenters. The van der Waals surface area contributed by atoms with E-state index in [1.165, 1.54) is 0 Å². The Labute approximate surface area is 92.3 Å². The summed E-state index contributed by atoms with van der Waals surface area (Å²) < 4.78 is 0. The molecule has 0 bridgehead atoms. The number of hydrogen-bond donors (Lipinski definition) is 2. The van der Waals surface area contributed by atoms with Crippen molar-refractivity contribution >= 4 is 5.69 Å². The smallest absolute Gasteiger partial charge is 0.0373 e. The van der Waals surface area contributed by atoms with Crippen LogP contribution in [0.15, 0.2) is 24.5 Å². The predicted octanol–water partition coefficient (Wildman–Crippen LogP) is 2.13. The molecule has 0 aliphatic heterocycles. The highest BCUT2D eigenvalue weighted by molar-refractivity contribution is 5.41. The Hall–Kier alpha value is -1.09. The lowest BCUT2D eigenvalue weighted by Crippen LogP contribution is -2.32. The fraction of sp³-hybridized carbons (Fsp3) is 0.583. The van der Waals surface area contributed by atoms with Gasteiger partial charge in [0.25, 0.3) is 0 Å². The lowest BCUT2D eigenvalue weighted by atomic mass is 10.2. The van der Waals surface area contributed by atoms with Gasteiger partial charge in [0.1, 0.15) is 0 Å². The summed E-state index contributed by atoms with van der Waals surface area (Å²) in [6, 6.07) is 4.41. The number of nitrogens with zero attached hydrogens (tertiary/aromatic N) is 1. The van der Waals surface area contributed by atoms with Crippen molar-refractivity contribution < 1.29 is 0 Å². The zero-order valence-electron chi connectivity index (χ0n) is 9.83. The van der Waals surface area contributed by atoms with Gasteiger partial charge in [-0.3, -0.25) is 4.98 Å². The Balaban J connectivity index is 2.21. The van der Waals surface area contributed by atoms with Gasteiger partial charge in [0.15, 0.2) is 0 Å². The van der Waals surface area contributed by atoms with Crippen molar-refractivity contribution in [1.29, 1.82) is 0 Å². The largest absolute Gasteiger partial charge is 0.381 e. The van der Waals surface area contributed by atoms with Crippen LogP contribution in [0.1, 0.15) is 20.8 Å². The molecule has 0 amide bonds. The molecule has 1 heterocycles. The standard InChI is InChI=1S/C12H21N3/c1-10(2)8-14-9-11(3)15-12-4-6-13-7-5-12/h4-7,10-11,14H,8-9H2,1-3H3,(H,13,15)/t11-/m1/s1. The zero-order chi connectivity index (χ0) is 11.1. The molecule has 0 spiro atoms. The summed E-state index contributed by atoms with van der Waals surface area (Å²) in [6.07, 6.45) is 3.60. The summed E-state index contributed by atoms with van der Waals surface area (Å²) >= 11 is 0. The fourth-order valence-corrected chi connectivity index (χ4v) is 1.37. The molecule has 0 aliphatic rings. The van der Waals surface area contributed by atoms with Crippen molar-refractivity contribution in [3.8, 4) is 0 Å². The van der Waals surface area contributed by atoms with Crippen molar-refractivity contribution in [1.82, 2.24) is 10.3 Å². The number of nitrogens with one attached hydrogen (secondary N) is 2. The third-order valence-electron chi connectivity index (χ3n) is 2.10. The third kappa shape index (κ3) is 5.37. The van der Waals surface area contributed by atoms with Gasteiger partial charge >= 0.3 is 0 Å². The Morgan fingerprint density at radius 2 is 1.80 bits per heavy atom. The lowest BCUT2D eigenvalue weighted by Gasteiger charge is -2.16. The van der Waals surface area contributed by atoms with Crippen LogP contribution >= 0.6 is 0 Å². The second-order valence-corrected chi connectivity index (χ2v) is 4.33. The van der Waals surface area contributed by atoms with Crippen molar-refractivity contribution in [2.75, 3.05) is 18.4 Å². The van der Waals surface area contributed by atoms with Crippen LogP contribution in [-0.4, -0.2) is 24.1 Å². The fourth-order valence-electron chi connectivity index (χ4n) is 1.37. The Bertz CT molecular complexity index is 259. The Kier molecular flexibility index (Phi) is 5.12. The molecule has 0 saturated heterocycles. The van der Waals surface area contributed by atoms with E-state index in [4.69, 9.17) is 0 Å². The second-order valence-electron chi connectivity index (χ2n) is 4.33. The van der Waals surface area contributed by atoms with Gasteiger partial charge in [-0.15, -0.1) is 0 Å². The van der Waals surface area contributed by atoms with Crippen LogP contribution in [0.4, 0.5) is 5.69 Å². The molecule has 15 heavy (non-hydrogen) atoms. The van der Waals surface area contributed by atoms with E-state index in [9.17, 15) is 0 Å². The van der Waals surface area contributed by atoms with E-state index in [0.29, 0.717) is 12.0 Å². The van der Waals surface area contributed by atoms with Gasteiger partial charge in [-0.25, -0.2) is 0 Å². The van der Waals surface area contributed by atoms with Gasteiger partial charge in [-0.05, 0) is 31.5 Å². The minimum absolute atomic E-state index is 0.436. The van der Waals surface area contributed by atoms with Crippen LogP contribution in [0, 0.1) is 5.92 Å². The molecule has 3 heteroatoms. The highest BCUT2D eigenvalue weighted by Crippen LogP contribution is 2.04. The van der Waals surface area contributed by atoms with Crippen molar-refractivity contribution in [3.63, 3.8) is 0 Å². The molecule has 1 aromatic heterocycles. The molecule has 0 saturated carbocycles. The summed E-state index contributed by atoms with van der Waals surface area (Å²) in [6.45, 7) is 8.67. The van der Waals surface area contributed by atoms with Crippen LogP contribution < -0.4 is 10.6 Å². The monoisotopic (exact) mass is 207 g/mol. The van der Waals surface area contributed by atoms with Crippen molar-refractivity contribution in [2.45, 2.75) is 26.8 Å². The van der Waals surface area contributed by atoms with Gasteiger partial charge in [0.2, 0.25) is 0 Å². The summed E-state index contributed by atoms with van der Waals surface area (Å²) in [5, 5.41) is 6.84. The van der Waals surface area contributed by atoms with Crippen LogP contribution in [0.5, 0.6) is 0 Å². The van der Waals surface area contributed by atoms with Crippen LogP contribution in [0.2, 0.25) is 0 Å². The molecule has 2 N–H and O–H groups in total. The number of pyridine rings is 1. The Morgan fingerprint density at radius 1 is 1.13 bits per heavy atom. The average molecular weight is 207 g/mol. The number of rotatable bonds is 6. The predicted molar refractivity (Wildman–Crippen MR) is 65.0 cm³/mol. The third-order valence-corrected chi connectivity index (χ3v) is 2.10. The first kappa shape index (κ1) is 12.0. The van der Waals surface area contributed by atoms with Crippen LogP contribution in [-0.2, 0) is 0 Å². The first-order valence-electron chi connectivity index (χ1n) is 5.55. The molecular formula is C12H21N3. The molecule has 1 aromatic rings. The molecule has 1 rings (SSSR count). The molecule has 1 atom stereocenters. The zero-order valence-corrected chi connectivity index (χ0v) is 9.83. The van der Waals surface area contributed by atoms with Gasteiger partial charge in [-0.2, -0.15) is 0 Å². The number of hydrogen-bond acceptors (Lipinski definition) is 3. The van der Waals surface area contributed by atoms with Gasteiger partial charge < -0.3 is 10.6 Å². The molecule has 0 aliphatic carbocycles. The van der Waals surface area contributed by atoms with Gasteiger partial charge in [-0.1, -0.05) is 13.8 Å². The van der Waals surface area contributed by atoms with Crippen molar-refractivity contribution in [2.24, 2.45) is 5.92 Å². The number of aromatic nitrogens is 1. The van der Waals surface area contributed by atoms with E-state index in [1.807, 2.05) is 12.1 Å². The first-order chi connectivity index (χ1) is 7.18. The molecule has 3 nitrogen and oxygen atoms in total. The van der Waals surface area contributed by atoms with E-state index in [0.717, 1.165) is 18.8 Å². The Morgan fingerprint density at radius 3 is 2.40 bits per heavy atom. The maximum absolute atomic E-state index is 3.98.